The zero-order valence-electron chi connectivity index (χ0n) is 16.5. The van der Waals surface area contributed by atoms with E-state index in [9.17, 15) is 4.79 Å². The molecule has 1 aromatic heterocycles. The van der Waals surface area contributed by atoms with Gasteiger partial charge in [-0.15, -0.1) is 0 Å². The van der Waals surface area contributed by atoms with E-state index < -0.39 is 0 Å². The van der Waals surface area contributed by atoms with E-state index in [-0.39, 0.29) is 11.7 Å². The number of nitrogens with zero attached hydrogens (tertiary/aromatic N) is 1. The molecule has 30 heavy (non-hydrogen) atoms. The van der Waals surface area contributed by atoms with E-state index >= 15 is 0 Å². The van der Waals surface area contributed by atoms with E-state index in [0.717, 1.165) is 22.3 Å². The Hall–Kier alpha value is -3.70. The number of carbonyl (C=O) groups is 1. The third kappa shape index (κ3) is 5.21. The van der Waals surface area contributed by atoms with Crippen molar-refractivity contribution in [2.75, 3.05) is 0 Å². The SMILES string of the molecule is O=C(NCc1ccc(COCc2ccccc2)cc1)c1cc(-c2ccccc2)no1. The van der Waals surface area contributed by atoms with Crippen molar-refractivity contribution in [3.05, 3.63) is 113 Å². The normalized spacial score (nSPS) is 10.7. The number of rotatable bonds is 8. The van der Waals surface area contributed by atoms with Crippen LogP contribution in [0.15, 0.2) is 95.5 Å². The summed E-state index contributed by atoms with van der Waals surface area (Å²) in [7, 11) is 0. The molecule has 5 heteroatoms. The number of aromatic nitrogens is 1. The molecule has 3 aromatic carbocycles. The molecule has 0 saturated heterocycles. The first-order valence-corrected chi connectivity index (χ1v) is 9.78. The second-order valence-corrected chi connectivity index (χ2v) is 6.92. The first-order chi connectivity index (χ1) is 14.8. The summed E-state index contributed by atoms with van der Waals surface area (Å²) in [5.41, 5.74) is 4.78. The molecule has 0 bridgehead atoms. The highest BCUT2D eigenvalue weighted by molar-refractivity contribution is 5.92. The highest BCUT2D eigenvalue weighted by atomic mass is 16.5. The van der Waals surface area contributed by atoms with E-state index in [4.69, 9.17) is 9.26 Å². The number of hydrogen-bond acceptors (Lipinski definition) is 4. The van der Waals surface area contributed by atoms with Crippen LogP contribution in [0.5, 0.6) is 0 Å². The maximum Gasteiger partial charge on any atom is 0.290 e. The van der Waals surface area contributed by atoms with Gasteiger partial charge in [0, 0.05) is 18.2 Å². The molecule has 0 saturated carbocycles. The highest BCUT2D eigenvalue weighted by Gasteiger charge is 2.13. The Bertz CT molecular complexity index is 1070. The summed E-state index contributed by atoms with van der Waals surface area (Å²) in [5.74, 6) is -0.0975. The highest BCUT2D eigenvalue weighted by Crippen LogP contribution is 2.18. The number of carbonyl (C=O) groups excluding carboxylic acids is 1. The Balaban J connectivity index is 1.26. The summed E-state index contributed by atoms with van der Waals surface area (Å²) in [5, 5.41) is 6.84. The minimum Gasteiger partial charge on any atom is -0.372 e. The van der Waals surface area contributed by atoms with Crippen LogP contribution in [-0.4, -0.2) is 11.1 Å². The molecule has 0 aliphatic heterocycles. The molecule has 0 atom stereocenters. The quantitative estimate of drug-likeness (QED) is 0.454. The van der Waals surface area contributed by atoms with E-state index in [2.05, 4.69) is 10.5 Å². The average Bonchev–Trinajstić information content (AvgIpc) is 3.30. The van der Waals surface area contributed by atoms with E-state index in [1.165, 1.54) is 0 Å². The van der Waals surface area contributed by atoms with Crippen LogP contribution in [0.25, 0.3) is 11.3 Å². The molecule has 0 aliphatic carbocycles. The molecular formula is C25H22N2O3. The van der Waals surface area contributed by atoms with Crippen molar-refractivity contribution >= 4 is 5.91 Å². The van der Waals surface area contributed by atoms with Crippen LogP contribution in [0.2, 0.25) is 0 Å². The van der Waals surface area contributed by atoms with Crippen LogP contribution in [0, 0.1) is 0 Å². The molecule has 1 heterocycles. The number of nitrogens with one attached hydrogen (secondary N) is 1. The molecule has 0 aliphatic rings. The van der Waals surface area contributed by atoms with Gasteiger partial charge in [0.15, 0.2) is 0 Å². The predicted octanol–water partition coefficient (Wildman–Crippen LogP) is 4.99. The summed E-state index contributed by atoms with van der Waals surface area (Å²) in [6, 6.07) is 29.3. The molecule has 0 spiro atoms. The molecular weight excluding hydrogens is 376 g/mol. The zero-order valence-corrected chi connectivity index (χ0v) is 16.5. The number of hydrogen-bond donors (Lipinski definition) is 1. The fourth-order valence-corrected chi connectivity index (χ4v) is 3.01. The lowest BCUT2D eigenvalue weighted by Crippen LogP contribution is -2.22. The largest absolute Gasteiger partial charge is 0.372 e. The Morgan fingerprint density at radius 2 is 1.40 bits per heavy atom. The van der Waals surface area contributed by atoms with E-state index in [0.29, 0.717) is 25.5 Å². The Labute approximate surface area is 175 Å². The number of ether oxygens (including phenoxy) is 1. The smallest absolute Gasteiger partial charge is 0.290 e. The first-order valence-electron chi connectivity index (χ1n) is 9.78. The third-order valence-electron chi connectivity index (χ3n) is 4.66. The molecule has 150 valence electrons. The lowest BCUT2D eigenvalue weighted by molar-refractivity contribution is 0.0914. The first kappa shape index (κ1) is 19.6. The summed E-state index contributed by atoms with van der Waals surface area (Å²) < 4.78 is 10.9. The van der Waals surface area contributed by atoms with Gasteiger partial charge in [-0.3, -0.25) is 4.79 Å². The van der Waals surface area contributed by atoms with Crippen molar-refractivity contribution in [2.45, 2.75) is 19.8 Å². The zero-order chi connectivity index (χ0) is 20.6. The van der Waals surface area contributed by atoms with Crippen molar-refractivity contribution < 1.29 is 14.1 Å². The molecule has 0 radical (unpaired) electrons. The predicted molar refractivity (Wildman–Crippen MR) is 114 cm³/mol. The van der Waals surface area contributed by atoms with Gasteiger partial charge in [0.2, 0.25) is 5.76 Å². The minimum absolute atomic E-state index is 0.194. The van der Waals surface area contributed by atoms with Crippen molar-refractivity contribution in [3.63, 3.8) is 0 Å². The fourth-order valence-electron chi connectivity index (χ4n) is 3.01. The van der Waals surface area contributed by atoms with Gasteiger partial charge in [-0.05, 0) is 16.7 Å². The minimum atomic E-state index is -0.292. The van der Waals surface area contributed by atoms with Gasteiger partial charge in [-0.25, -0.2) is 0 Å². The lowest BCUT2D eigenvalue weighted by atomic mass is 10.1. The molecule has 1 amide bonds. The van der Waals surface area contributed by atoms with E-state index in [1.807, 2.05) is 84.9 Å². The summed E-state index contributed by atoms with van der Waals surface area (Å²) in [6.45, 7) is 1.54. The van der Waals surface area contributed by atoms with Gasteiger partial charge >= 0.3 is 0 Å². The van der Waals surface area contributed by atoms with Crippen LogP contribution < -0.4 is 5.32 Å². The van der Waals surface area contributed by atoms with Crippen LogP contribution in [0.1, 0.15) is 27.2 Å². The lowest BCUT2D eigenvalue weighted by Gasteiger charge is -2.07. The van der Waals surface area contributed by atoms with Gasteiger partial charge in [-0.2, -0.15) is 0 Å². The Morgan fingerprint density at radius 1 is 0.800 bits per heavy atom. The number of benzene rings is 3. The average molecular weight is 398 g/mol. The van der Waals surface area contributed by atoms with Crippen molar-refractivity contribution in [2.24, 2.45) is 0 Å². The van der Waals surface area contributed by atoms with Crippen molar-refractivity contribution in [3.8, 4) is 11.3 Å². The topological polar surface area (TPSA) is 64.4 Å². The standard InChI is InChI=1S/C25H22N2O3/c28-25(24-15-23(27-30-24)22-9-5-2-6-10-22)26-16-19-11-13-21(14-12-19)18-29-17-20-7-3-1-4-8-20/h1-15H,16-18H2,(H,26,28). The Morgan fingerprint density at radius 3 is 2.10 bits per heavy atom. The van der Waals surface area contributed by atoms with Gasteiger partial charge < -0.3 is 14.6 Å². The van der Waals surface area contributed by atoms with Gasteiger partial charge in [-0.1, -0.05) is 90.1 Å². The number of amides is 1. The maximum absolute atomic E-state index is 12.3. The fraction of sp³-hybridized carbons (Fsp3) is 0.120. The summed E-state index contributed by atoms with van der Waals surface area (Å²) in [6.07, 6.45) is 0. The van der Waals surface area contributed by atoms with Gasteiger partial charge in [0.05, 0.1) is 13.2 Å². The van der Waals surface area contributed by atoms with Crippen LogP contribution in [-0.2, 0) is 24.5 Å². The summed E-state index contributed by atoms with van der Waals surface area (Å²) in [4.78, 5) is 12.3. The van der Waals surface area contributed by atoms with Crippen LogP contribution in [0.4, 0.5) is 0 Å². The summed E-state index contributed by atoms with van der Waals surface area (Å²) >= 11 is 0. The monoisotopic (exact) mass is 398 g/mol. The van der Waals surface area contributed by atoms with Gasteiger partial charge in [0.25, 0.3) is 5.91 Å². The molecule has 1 N–H and O–H groups in total. The second-order valence-electron chi connectivity index (χ2n) is 6.92. The van der Waals surface area contributed by atoms with Crippen molar-refractivity contribution in [1.82, 2.24) is 10.5 Å². The molecule has 4 aromatic rings. The molecule has 4 rings (SSSR count). The van der Waals surface area contributed by atoms with Crippen molar-refractivity contribution in [1.29, 1.82) is 0 Å². The van der Waals surface area contributed by atoms with E-state index in [1.54, 1.807) is 6.07 Å². The molecule has 5 nitrogen and oxygen atoms in total. The maximum atomic E-state index is 12.3. The molecule has 0 unspecified atom stereocenters. The molecule has 0 fully saturated rings. The van der Waals surface area contributed by atoms with Crippen LogP contribution >= 0.6 is 0 Å². The van der Waals surface area contributed by atoms with Crippen LogP contribution in [0.3, 0.4) is 0 Å². The van der Waals surface area contributed by atoms with Gasteiger partial charge in [0.1, 0.15) is 5.69 Å². The Kier molecular flexibility index (Phi) is 6.32. The second kappa shape index (κ2) is 9.67. The third-order valence-corrected chi connectivity index (χ3v) is 4.66.